The maximum atomic E-state index is 5.36. The molecular weight excluding hydrogens is 410 g/mol. The van der Waals surface area contributed by atoms with Crippen molar-refractivity contribution in [2.45, 2.75) is 45.4 Å². The number of H-pyrrole nitrogens is 1. The number of fused-ring (bicyclic) bond motifs is 2. The van der Waals surface area contributed by atoms with Crippen molar-refractivity contribution in [1.82, 2.24) is 24.5 Å². The van der Waals surface area contributed by atoms with Crippen molar-refractivity contribution in [1.29, 1.82) is 0 Å². The van der Waals surface area contributed by atoms with Crippen LogP contribution < -0.4 is 0 Å². The number of nitrogens with zero attached hydrogens (tertiary/aromatic N) is 4. The Hall–Kier alpha value is -2.70. The number of benzene rings is 1. The van der Waals surface area contributed by atoms with Crippen molar-refractivity contribution >= 4 is 16.6 Å². The van der Waals surface area contributed by atoms with Gasteiger partial charge in [-0.2, -0.15) is 0 Å². The van der Waals surface area contributed by atoms with Crippen LogP contribution in [-0.4, -0.2) is 57.3 Å². The van der Waals surface area contributed by atoms with Gasteiger partial charge in [0.05, 0.1) is 18.9 Å². The first-order chi connectivity index (χ1) is 16.1. The molecule has 1 N–H and O–H groups in total. The van der Waals surface area contributed by atoms with Crippen LogP contribution >= 0.6 is 0 Å². The van der Waals surface area contributed by atoms with Crippen LogP contribution in [0.2, 0.25) is 0 Å². The summed E-state index contributed by atoms with van der Waals surface area (Å²) < 4.78 is 7.38. The summed E-state index contributed by atoms with van der Waals surface area (Å²) in [6.07, 6.45) is 6.42. The Kier molecular flexibility index (Phi) is 5.23. The molecule has 33 heavy (non-hydrogen) atoms. The second-order valence-electron chi connectivity index (χ2n) is 10.3. The zero-order valence-corrected chi connectivity index (χ0v) is 19.8. The summed E-state index contributed by atoms with van der Waals surface area (Å²) >= 11 is 0. The fraction of sp³-hybridized carbons (Fsp3) is 0.481. The fourth-order valence-corrected chi connectivity index (χ4v) is 5.76. The average Bonchev–Trinajstić information content (AvgIpc) is 3.41. The minimum Gasteiger partial charge on any atom is -0.381 e. The summed E-state index contributed by atoms with van der Waals surface area (Å²) in [5.41, 5.74) is 8.58. The molecule has 0 spiro atoms. The number of hydrogen-bond donors (Lipinski definition) is 1. The lowest BCUT2D eigenvalue weighted by atomic mass is 9.87. The molecule has 6 rings (SSSR count). The molecule has 0 radical (unpaired) electrons. The highest BCUT2D eigenvalue weighted by Gasteiger charge is 2.26. The third-order valence-electron chi connectivity index (χ3n) is 7.59. The number of rotatable bonds is 5. The van der Waals surface area contributed by atoms with Gasteiger partial charge in [0.15, 0.2) is 5.65 Å². The molecule has 0 unspecified atom stereocenters. The summed E-state index contributed by atoms with van der Waals surface area (Å²) in [5, 5.41) is 9.69. The molecule has 2 aliphatic heterocycles. The van der Waals surface area contributed by atoms with E-state index in [1.807, 2.05) is 4.40 Å². The van der Waals surface area contributed by atoms with Crippen molar-refractivity contribution in [3.8, 4) is 11.3 Å². The lowest BCUT2D eigenvalue weighted by Crippen LogP contribution is -2.42. The molecule has 0 bridgehead atoms. The summed E-state index contributed by atoms with van der Waals surface area (Å²) in [5.74, 6) is 1.83. The second kappa shape index (κ2) is 8.26. The normalized spacial score (nSPS) is 18.5. The Balaban J connectivity index is 1.32. The third-order valence-corrected chi connectivity index (χ3v) is 7.59. The summed E-state index contributed by atoms with van der Waals surface area (Å²) in [4.78, 5) is 6.38. The van der Waals surface area contributed by atoms with Gasteiger partial charge in [-0.15, -0.1) is 10.2 Å². The Bertz CT molecular complexity index is 1290. The minimum atomic E-state index is 0.424. The van der Waals surface area contributed by atoms with Gasteiger partial charge in [0.1, 0.15) is 6.33 Å². The van der Waals surface area contributed by atoms with Gasteiger partial charge in [-0.1, -0.05) is 19.9 Å². The molecular formula is C27H33N5O. The van der Waals surface area contributed by atoms with E-state index >= 15 is 0 Å². The molecule has 6 heteroatoms. The van der Waals surface area contributed by atoms with Gasteiger partial charge in [-0.3, -0.25) is 4.40 Å². The number of aromatic nitrogens is 4. The van der Waals surface area contributed by atoms with Gasteiger partial charge in [0.25, 0.3) is 0 Å². The molecule has 0 saturated carbocycles. The standard InChI is InChI=1S/C27H33N5O/c1-17(2)25-23-11-21(20-6-8-31(9-7-20)12-19-14-33-15-19)4-5-24(23)29-26(25)22-10-18(3)27-30-28-16-32(27)13-22/h4-5,10-11,13,16-17,19-20,29H,6-9,12,14-15H2,1-3H3. The fourth-order valence-electron chi connectivity index (χ4n) is 5.76. The van der Waals surface area contributed by atoms with E-state index in [4.69, 9.17) is 4.74 Å². The van der Waals surface area contributed by atoms with Crippen molar-refractivity contribution in [3.63, 3.8) is 0 Å². The third kappa shape index (κ3) is 3.75. The van der Waals surface area contributed by atoms with Gasteiger partial charge in [0.2, 0.25) is 0 Å². The molecule has 3 aromatic heterocycles. The minimum absolute atomic E-state index is 0.424. The molecule has 0 amide bonds. The highest BCUT2D eigenvalue weighted by molar-refractivity contribution is 5.92. The highest BCUT2D eigenvalue weighted by Crippen LogP contribution is 2.38. The number of piperidine rings is 1. The molecule has 0 aliphatic carbocycles. The average molecular weight is 444 g/mol. The van der Waals surface area contributed by atoms with Gasteiger partial charge < -0.3 is 14.6 Å². The maximum absolute atomic E-state index is 5.36. The van der Waals surface area contributed by atoms with Crippen LogP contribution in [0.1, 0.15) is 55.2 Å². The van der Waals surface area contributed by atoms with E-state index in [0.29, 0.717) is 11.8 Å². The largest absolute Gasteiger partial charge is 0.381 e. The van der Waals surface area contributed by atoms with Crippen LogP contribution in [0.3, 0.4) is 0 Å². The van der Waals surface area contributed by atoms with Gasteiger partial charge in [-0.25, -0.2) is 0 Å². The maximum Gasteiger partial charge on any atom is 0.163 e. The second-order valence-corrected chi connectivity index (χ2v) is 10.3. The number of aromatic amines is 1. The van der Waals surface area contributed by atoms with Crippen LogP contribution in [0.15, 0.2) is 36.8 Å². The summed E-state index contributed by atoms with van der Waals surface area (Å²) in [7, 11) is 0. The first kappa shape index (κ1) is 20.9. The number of pyridine rings is 1. The van der Waals surface area contributed by atoms with E-state index in [0.717, 1.165) is 30.3 Å². The molecule has 2 saturated heterocycles. The Labute approximate surface area is 195 Å². The molecule has 2 fully saturated rings. The zero-order chi connectivity index (χ0) is 22.5. The monoisotopic (exact) mass is 443 g/mol. The van der Waals surface area contributed by atoms with Crippen molar-refractivity contribution in [2.24, 2.45) is 5.92 Å². The number of nitrogens with one attached hydrogen (secondary N) is 1. The SMILES string of the molecule is Cc1cc(-c2[nH]c3ccc(C4CCN(CC5COC5)CC4)cc3c2C(C)C)cn2cnnc12. The lowest BCUT2D eigenvalue weighted by molar-refractivity contribution is -0.0487. The van der Waals surface area contributed by atoms with Crippen molar-refractivity contribution < 1.29 is 4.74 Å². The topological polar surface area (TPSA) is 58.5 Å². The molecule has 5 heterocycles. The summed E-state index contributed by atoms with van der Waals surface area (Å²) in [6.45, 7) is 12.2. The Morgan fingerprint density at radius 3 is 2.70 bits per heavy atom. The first-order valence-electron chi connectivity index (χ1n) is 12.3. The molecule has 6 nitrogen and oxygen atoms in total. The van der Waals surface area contributed by atoms with Crippen LogP contribution in [-0.2, 0) is 4.74 Å². The predicted molar refractivity (Wildman–Crippen MR) is 132 cm³/mol. The van der Waals surface area contributed by atoms with Crippen LogP contribution in [0, 0.1) is 12.8 Å². The predicted octanol–water partition coefficient (Wildman–Crippen LogP) is 5.14. The van der Waals surface area contributed by atoms with E-state index in [-0.39, 0.29) is 0 Å². The number of likely N-dealkylation sites (tertiary alicyclic amines) is 1. The van der Waals surface area contributed by atoms with Crippen LogP contribution in [0.5, 0.6) is 0 Å². The van der Waals surface area contributed by atoms with Crippen molar-refractivity contribution in [2.75, 3.05) is 32.8 Å². The molecule has 172 valence electrons. The van der Waals surface area contributed by atoms with Crippen LogP contribution in [0.4, 0.5) is 0 Å². The molecule has 1 aromatic carbocycles. The smallest absolute Gasteiger partial charge is 0.163 e. The Morgan fingerprint density at radius 1 is 1.15 bits per heavy atom. The number of ether oxygens (including phenoxy) is 1. The number of hydrogen-bond acceptors (Lipinski definition) is 4. The molecule has 2 aliphatic rings. The van der Waals surface area contributed by atoms with Gasteiger partial charge in [0, 0.05) is 35.1 Å². The quantitative estimate of drug-likeness (QED) is 0.464. The number of aryl methyl sites for hydroxylation is 1. The lowest BCUT2D eigenvalue weighted by Gasteiger charge is -2.37. The molecule has 4 aromatic rings. The van der Waals surface area contributed by atoms with Crippen LogP contribution in [0.25, 0.3) is 27.8 Å². The Morgan fingerprint density at radius 2 is 1.97 bits per heavy atom. The van der Waals surface area contributed by atoms with E-state index in [1.54, 1.807) is 6.33 Å². The molecule has 0 atom stereocenters. The first-order valence-corrected chi connectivity index (χ1v) is 12.3. The van der Waals surface area contributed by atoms with E-state index in [1.165, 1.54) is 65.8 Å². The van der Waals surface area contributed by atoms with Gasteiger partial charge >= 0.3 is 0 Å². The summed E-state index contributed by atoms with van der Waals surface area (Å²) in [6, 6.07) is 9.34. The zero-order valence-electron chi connectivity index (χ0n) is 19.8. The van der Waals surface area contributed by atoms with Crippen molar-refractivity contribution in [3.05, 3.63) is 53.5 Å². The van der Waals surface area contributed by atoms with E-state index in [2.05, 4.69) is 71.3 Å². The highest BCUT2D eigenvalue weighted by atomic mass is 16.5. The van der Waals surface area contributed by atoms with E-state index < -0.39 is 0 Å². The van der Waals surface area contributed by atoms with E-state index in [9.17, 15) is 0 Å². The van der Waals surface area contributed by atoms with Gasteiger partial charge in [-0.05, 0) is 79.6 Å².